The van der Waals surface area contributed by atoms with Crippen LogP contribution in [0.3, 0.4) is 0 Å². The van der Waals surface area contributed by atoms with E-state index in [0.717, 1.165) is 5.56 Å². The molecule has 2 aromatic rings. The number of carbonyl (C=O) groups excluding carboxylic acids is 1. The minimum Gasteiger partial charge on any atom is -0.455 e. The minimum absolute atomic E-state index is 0.238. The maximum atomic E-state index is 12.0. The van der Waals surface area contributed by atoms with E-state index < -0.39 is 6.10 Å². The lowest BCUT2D eigenvalue weighted by atomic mass is 10.1. The Morgan fingerprint density at radius 1 is 1.36 bits per heavy atom. The van der Waals surface area contributed by atoms with E-state index in [0.29, 0.717) is 23.0 Å². The lowest BCUT2D eigenvalue weighted by molar-refractivity contribution is -0.151. The molecule has 0 aliphatic rings. The van der Waals surface area contributed by atoms with Crippen molar-refractivity contribution in [3.63, 3.8) is 0 Å². The number of hydrogen-bond donors (Lipinski definition) is 0. The Bertz CT molecular complexity index is 627. The number of benzene rings is 1. The Morgan fingerprint density at radius 2 is 2.14 bits per heavy atom. The first-order valence-electron chi connectivity index (χ1n) is 7.06. The molecule has 22 heavy (non-hydrogen) atoms. The van der Waals surface area contributed by atoms with Crippen LogP contribution < -0.4 is 0 Å². The normalized spacial score (nSPS) is 12.4. The van der Waals surface area contributed by atoms with E-state index in [1.807, 2.05) is 24.6 Å². The zero-order chi connectivity index (χ0) is 16.1. The number of rotatable bonds is 6. The third-order valence-electron chi connectivity index (χ3n) is 3.09. The lowest BCUT2D eigenvalue weighted by Gasteiger charge is -2.20. The first kappa shape index (κ1) is 16.8. The third kappa shape index (κ3) is 4.75. The summed E-state index contributed by atoms with van der Waals surface area (Å²) in [7, 11) is 0. The molecule has 0 radical (unpaired) electrons. The second kappa shape index (κ2) is 7.65. The van der Waals surface area contributed by atoms with Crippen molar-refractivity contribution < 1.29 is 9.53 Å². The Labute approximate surface area is 140 Å². The quantitative estimate of drug-likeness (QED) is 0.726. The molecule has 0 saturated carbocycles. The summed E-state index contributed by atoms with van der Waals surface area (Å²) in [5.74, 6) is -0.00628. The number of carbonyl (C=O) groups is 1. The molecule has 0 spiro atoms. The zero-order valence-electron chi connectivity index (χ0n) is 12.5. The van der Waals surface area contributed by atoms with Gasteiger partial charge in [-0.3, -0.25) is 4.79 Å². The summed E-state index contributed by atoms with van der Waals surface area (Å²) < 4.78 is 7.47. The van der Waals surface area contributed by atoms with E-state index in [2.05, 4.69) is 4.98 Å². The standard InChI is InChI=1S/C16H18Cl2N2O2/c1-11(2)7-16(21)22-15(9-20-6-5-19-10-20)13-4-3-12(17)8-14(13)18/h3-6,8,10-11,15H,7,9H2,1-2H3. The number of hydrogen-bond acceptors (Lipinski definition) is 3. The first-order chi connectivity index (χ1) is 10.5. The average molecular weight is 341 g/mol. The molecule has 1 heterocycles. The maximum Gasteiger partial charge on any atom is 0.306 e. The number of imidazole rings is 1. The van der Waals surface area contributed by atoms with Crippen molar-refractivity contribution in [1.29, 1.82) is 0 Å². The molecule has 1 aromatic carbocycles. The van der Waals surface area contributed by atoms with Crippen molar-refractivity contribution in [2.24, 2.45) is 5.92 Å². The minimum atomic E-state index is -0.481. The van der Waals surface area contributed by atoms with Gasteiger partial charge in [-0.05, 0) is 18.1 Å². The van der Waals surface area contributed by atoms with Crippen molar-refractivity contribution in [1.82, 2.24) is 9.55 Å². The van der Waals surface area contributed by atoms with Gasteiger partial charge in [0.15, 0.2) is 0 Å². The Balaban J connectivity index is 2.22. The van der Waals surface area contributed by atoms with Gasteiger partial charge in [0.05, 0.1) is 12.9 Å². The summed E-state index contributed by atoms with van der Waals surface area (Å²) in [5, 5.41) is 1.03. The van der Waals surface area contributed by atoms with E-state index in [-0.39, 0.29) is 11.9 Å². The topological polar surface area (TPSA) is 44.1 Å². The molecule has 1 unspecified atom stereocenters. The van der Waals surface area contributed by atoms with Crippen LogP contribution in [-0.2, 0) is 16.1 Å². The van der Waals surface area contributed by atoms with Gasteiger partial charge in [0.1, 0.15) is 6.10 Å². The van der Waals surface area contributed by atoms with Crippen molar-refractivity contribution in [2.75, 3.05) is 0 Å². The molecule has 0 N–H and O–H groups in total. The summed E-state index contributed by atoms with van der Waals surface area (Å²) >= 11 is 12.2. The van der Waals surface area contributed by atoms with Crippen LogP contribution in [0, 0.1) is 5.92 Å². The molecular formula is C16H18Cl2N2O2. The number of halogens is 2. The van der Waals surface area contributed by atoms with Crippen LogP contribution in [0.4, 0.5) is 0 Å². The van der Waals surface area contributed by atoms with E-state index >= 15 is 0 Å². The predicted molar refractivity (Wildman–Crippen MR) is 87.0 cm³/mol. The van der Waals surface area contributed by atoms with Crippen LogP contribution in [0.5, 0.6) is 0 Å². The number of aromatic nitrogens is 2. The second-order valence-electron chi connectivity index (χ2n) is 5.50. The van der Waals surface area contributed by atoms with E-state index in [1.54, 1.807) is 30.7 Å². The van der Waals surface area contributed by atoms with Crippen LogP contribution in [0.15, 0.2) is 36.9 Å². The fourth-order valence-electron chi connectivity index (χ4n) is 2.09. The SMILES string of the molecule is CC(C)CC(=O)OC(Cn1ccnc1)c1ccc(Cl)cc1Cl. The monoisotopic (exact) mass is 340 g/mol. The molecule has 0 bridgehead atoms. The van der Waals surface area contributed by atoms with Crippen molar-refractivity contribution in [3.8, 4) is 0 Å². The number of ether oxygens (including phenoxy) is 1. The highest BCUT2D eigenvalue weighted by atomic mass is 35.5. The molecule has 0 fully saturated rings. The molecule has 2 rings (SSSR count). The summed E-state index contributed by atoms with van der Waals surface area (Å²) in [6.45, 7) is 4.40. The molecule has 1 atom stereocenters. The highest BCUT2D eigenvalue weighted by molar-refractivity contribution is 6.35. The third-order valence-corrected chi connectivity index (χ3v) is 3.66. The van der Waals surface area contributed by atoms with Gasteiger partial charge in [-0.2, -0.15) is 0 Å². The molecule has 118 valence electrons. The van der Waals surface area contributed by atoms with Gasteiger partial charge >= 0.3 is 5.97 Å². The van der Waals surface area contributed by atoms with Gasteiger partial charge in [0.2, 0.25) is 0 Å². The van der Waals surface area contributed by atoms with Crippen molar-refractivity contribution >= 4 is 29.2 Å². The largest absolute Gasteiger partial charge is 0.455 e. The average Bonchev–Trinajstić information content (AvgIpc) is 2.90. The molecule has 1 aromatic heterocycles. The first-order valence-corrected chi connectivity index (χ1v) is 7.81. The second-order valence-corrected chi connectivity index (χ2v) is 6.35. The smallest absolute Gasteiger partial charge is 0.306 e. The van der Waals surface area contributed by atoms with Gasteiger partial charge < -0.3 is 9.30 Å². The summed E-state index contributed by atoms with van der Waals surface area (Å²) in [6, 6.07) is 5.17. The fourth-order valence-corrected chi connectivity index (χ4v) is 2.62. The summed E-state index contributed by atoms with van der Waals surface area (Å²) in [4.78, 5) is 16.0. The Morgan fingerprint density at radius 3 is 2.73 bits per heavy atom. The molecule has 6 heteroatoms. The maximum absolute atomic E-state index is 12.0. The van der Waals surface area contributed by atoms with Gasteiger partial charge in [-0.1, -0.05) is 43.1 Å². The van der Waals surface area contributed by atoms with Crippen LogP contribution in [0.25, 0.3) is 0 Å². The van der Waals surface area contributed by atoms with Crippen LogP contribution in [0.2, 0.25) is 10.0 Å². The van der Waals surface area contributed by atoms with E-state index in [4.69, 9.17) is 27.9 Å². The van der Waals surface area contributed by atoms with Gasteiger partial charge in [-0.15, -0.1) is 0 Å². The molecule has 0 aliphatic carbocycles. The van der Waals surface area contributed by atoms with Crippen LogP contribution in [0.1, 0.15) is 31.9 Å². The molecular weight excluding hydrogens is 323 g/mol. The molecule has 0 saturated heterocycles. The van der Waals surface area contributed by atoms with Gasteiger partial charge in [0.25, 0.3) is 0 Å². The van der Waals surface area contributed by atoms with Crippen LogP contribution >= 0.6 is 23.2 Å². The Kier molecular flexibility index (Phi) is 5.86. The Hall–Kier alpha value is -1.52. The van der Waals surface area contributed by atoms with Crippen molar-refractivity contribution in [2.45, 2.75) is 32.9 Å². The molecule has 0 amide bonds. The highest BCUT2D eigenvalue weighted by Gasteiger charge is 2.21. The summed E-state index contributed by atoms with van der Waals surface area (Å²) in [6.07, 6.45) is 5.05. The van der Waals surface area contributed by atoms with Crippen LogP contribution in [-0.4, -0.2) is 15.5 Å². The number of esters is 1. The molecule has 4 nitrogen and oxygen atoms in total. The number of nitrogens with zero attached hydrogens (tertiary/aromatic N) is 2. The lowest BCUT2D eigenvalue weighted by Crippen LogP contribution is -2.18. The molecule has 0 aliphatic heterocycles. The predicted octanol–water partition coefficient (Wildman–Crippen LogP) is 4.52. The van der Waals surface area contributed by atoms with Crippen molar-refractivity contribution in [3.05, 3.63) is 52.5 Å². The van der Waals surface area contributed by atoms with E-state index in [1.165, 1.54) is 0 Å². The highest BCUT2D eigenvalue weighted by Crippen LogP contribution is 2.30. The van der Waals surface area contributed by atoms with Gasteiger partial charge in [0, 0.05) is 34.4 Å². The van der Waals surface area contributed by atoms with E-state index in [9.17, 15) is 4.79 Å². The summed E-state index contributed by atoms with van der Waals surface area (Å²) in [5.41, 5.74) is 0.733. The van der Waals surface area contributed by atoms with Gasteiger partial charge in [-0.25, -0.2) is 4.98 Å². The zero-order valence-corrected chi connectivity index (χ0v) is 14.0. The fraction of sp³-hybridized carbons (Fsp3) is 0.375.